The molecule has 0 amide bonds. The van der Waals surface area contributed by atoms with Gasteiger partial charge >= 0.3 is 0 Å². The highest BCUT2D eigenvalue weighted by atomic mass is 16.5. The fraction of sp³-hybridized carbons (Fsp3) is 0.538. The Bertz CT molecular complexity index is 348. The number of fused-ring (bicyclic) bond motifs is 1. The van der Waals surface area contributed by atoms with Gasteiger partial charge in [0.25, 0.3) is 0 Å². The van der Waals surface area contributed by atoms with Crippen LogP contribution >= 0.6 is 0 Å². The summed E-state index contributed by atoms with van der Waals surface area (Å²) in [6.07, 6.45) is 2.15. The number of anilines is 1. The van der Waals surface area contributed by atoms with E-state index in [-0.39, 0.29) is 0 Å². The molecule has 0 fully saturated rings. The van der Waals surface area contributed by atoms with E-state index < -0.39 is 0 Å². The largest absolute Gasteiger partial charge is 0.493 e. The molecular weight excluding hydrogens is 200 g/mol. The summed E-state index contributed by atoms with van der Waals surface area (Å²) in [6, 6.07) is 6.31. The van der Waals surface area contributed by atoms with Crippen molar-refractivity contribution in [3.63, 3.8) is 0 Å². The molecule has 1 atom stereocenters. The zero-order chi connectivity index (χ0) is 11.4. The molecule has 0 radical (unpaired) electrons. The summed E-state index contributed by atoms with van der Waals surface area (Å²) in [4.78, 5) is 0. The Morgan fingerprint density at radius 3 is 3.12 bits per heavy atom. The maximum Gasteiger partial charge on any atom is 0.122 e. The molecule has 0 spiro atoms. The number of nitrogens with one attached hydrogen (secondary N) is 1. The van der Waals surface area contributed by atoms with E-state index in [2.05, 4.69) is 24.4 Å². The van der Waals surface area contributed by atoms with E-state index >= 15 is 0 Å². The van der Waals surface area contributed by atoms with E-state index in [1.165, 1.54) is 11.3 Å². The smallest absolute Gasteiger partial charge is 0.122 e. The quantitative estimate of drug-likeness (QED) is 0.798. The van der Waals surface area contributed by atoms with Gasteiger partial charge in [-0.15, -0.1) is 0 Å². The minimum atomic E-state index is 0.560. The van der Waals surface area contributed by atoms with Crippen molar-refractivity contribution in [2.75, 3.05) is 25.0 Å². The second-order valence-electron chi connectivity index (χ2n) is 4.31. The molecule has 16 heavy (non-hydrogen) atoms. The Hall–Kier alpha value is -1.22. The van der Waals surface area contributed by atoms with Gasteiger partial charge in [-0.05, 0) is 36.2 Å². The molecule has 0 bridgehead atoms. The molecule has 0 saturated heterocycles. The summed E-state index contributed by atoms with van der Waals surface area (Å²) < 4.78 is 5.47. The molecule has 1 aromatic rings. The van der Waals surface area contributed by atoms with Crippen molar-refractivity contribution in [1.82, 2.24) is 0 Å². The molecule has 1 unspecified atom stereocenters. The molecule has 1 aliphatic rings. The molecular formula is C13H20N2O. The molecule has 2 rings (SSSR count). The SMILES string of the molecule is CCC(CN)CNc1ccc2c(c1)CCO2. The van der Waals surface area contributed by atoms with E-state index in [1.54, 1.807) is 0 Å². The number of hydrogen-bond donors (Lipinski definition) is 2. The first-order chi connectivity index (χ1) is 7.83. The minimum Gasteiger partial charge on any atom is -0.493 e. The van der Waals surface area contributed by atoms with Crippen molar-refractivity contribution in [2.45, 2.75) is 19.8 Å². The second kappa shape index (κ2) is 5.21. The van der Waals surface area contributed by atoms with Crippen LogP contribution in [0, 0.1) is 5.92 Å². The van der Waals surface area contributed by atoms with Crippen LogP contribution in [0.25, 0.3) is 0 Å². The fourth-order valence-electron chi connectivity index (χ4n) is 1.95. The first-order valence-electron chi connectivity index (χ1n) is 6.03. The standard InChI is InChI=1S/C13H20N2O/c1-2-10(8-14)9-15-12-3-4-13-11(7-12)5-6-16-13/h3-4,7,10,15H,2,5-6,8-9,14H2,1H3. The number of benzene rings is 1. The van der Waals surface area contributed by atoms with Crippen molar-refractivity contribution < 1.29 is 4.74 Å². The fourth-order valence-corrected chi connectivity index (χ4v) is 1.95. The van der Waals surface area contributed by atoms with Gasteiger partial charge in [0, 0.05) is 18.7 Å². The van der Waals surface area contributed by atoms with Gasteiger partial charge in [0.1, 0.15) is 5.75 Å². The Balaban J connectivity index is 1.95. The second-order valence-corrected chi connectivity index (χ2v) is 4.31. The van der Waals surface area contributed by atoms with Crippen LogP contribution in [-0.4, -0.2) is 19.7 Å². The lowest BCUT2D eigenvalue weighted by Gasteiger charge is -2.14. The maximum atomic E-state index is 5.68. The third kappa shape index (κ3) is 2.47. The van der Waals surface area contributed by atoms with Crippen LogP contribution < -0.4 is 15.8 Å². The van der Waals surface area contributed by atoms with Crippen molar-refractivity contribution in [3.8, 4) is 5.75 Å². The molecule has 1 aromatic carbocycles. The molecule has 3 nitrogen and oxygen atoms in total. The summed E-state index contributed by atoms with van der Waals surface area (Å²) in [5.74, 6) is 1.60. The van der Waals surface area contributed by atoms with Crippen LogP contribution in [-0.2, 0) is 6.42 Å². The Labute approximate surface area is 97.0 Å². The van der Waals surface area contributed by atoms with Crippen molar-refractivity contribution in [2.24, 2.45) is 11.7 Å². The Morgan fingerprint density at radius 1 is 1.50 bits per heavy atom. The lowest BCUT2D eigenvalue weighted by Crippen LogP contribution is -2.22. The zero-order valence-electron chi connectivity index (χ0n) is 9.83. The molecule has 0 aliphatic carbocycles. The lowest BCUT2D eigenvalue weighted by molar-refractivity contribution is 0.357. The number of rotatable bonds is 5. The van der Waals surface area contributed by atoms with Crippen LogP contribution in [0.4, 0.5) is 5.69 Å². The predicted octanol–water partition coefficient (Wildman–Crippen LogP) is 2.02. The van der Waals surface area contributed by atoms with E-state index in [9.17, 15) is 0 Å². The summed E-state index contributed by atoms with van der Waals surface area (Å²) in [5.41, 5.74) is 8.17. The van der Waals surface area contributed by atoms with E-state index in [0.717, 1.165) is 38.3 Å². The molecule has 3 N–H and O–H groups in total. The first-order valence-corrected chi connectivity index (χ1v) is 6.03. The third-order valence-electron chi connectivity index (χ3n) is 3.19. The van der Waals surface area contributed by atoms with Crippen LogP contribution in [0.1, 0.15) is 18.9 Å². The van der Waals surface area contributed by atoms with E-state index in [0.29, 0.717) is 5.92 Å². The Kier molecular flexibility index (Phi) is 3.67. The van der Waals surface area contributed by atoms with E-state index in [4.69, 9.17) is 10.5 Å². The molecule has 3 heteroatoms. The molecule has 1 aliphatic heterocycles. The minimum absolute atomic E-state index is 0.560. The van der Waals surface area contributed by atoms with Gasteiger partial charge in [-0.2, -0.15) is 0 Å². The van der Waals surface area contributed by atoms with Crippen LogP contribution in [0.15, 0.2) is 18.2 Å². The average molecular weight is 220 g/mol. The number of hydrogen-bond acceptors (Lipinski definition) is 3. The maximum absolute atomic E-state index is 5.68. The van der Waals surface area contributed by atoms with Crippen molar-refractivity contribution in [3.05, 3.63) is 23.8 Å². The average Bonchev–Trinajstić information content (AvgIpc) is 2.77. The monoisotopic (exact) mass is 220 g/mol. The molecule has 1 heterocycles. The molecule has 0 aromatic heterocycles. The van der Waals surface area contributed by atoms with Crippen LogP contribution in [0.2, 0.25) is 0 Å². The first kappa shape index (κ1) is 11.3. The van der Waals surface area contributed by atoms with Crippen LogP contribution in [0.3, 0.4) is 0 Å². The number of ether oxygens (including phenoxy) is 1. The predicted molar refractivity (Wildman–Crippen MR) is 67.0 cm³/mol. The summed E-state index contributed by atoms with van der Waals surface area (Å²) in [5, 5.41) is 3.44. The van der Waals surface area contributed by atoms with Gasteiger partial charge in [-0.1, -0.05) is 13.3 Å². The number of nitrogens with two attached hydrogens (primary N) is 1. The highest BCUT2D eigenvalue weighted by Crippen LogP contribution is 2.27. The third-order valence-corrected chi connectivity index (χ3v) is 3.19. The summed E-state index contributed by atoms with van der Waals surface area (Å²) >= 11 is 0. The normalized spacial score (nSPS) is 15.4. The zero-order valence-corrected chi connectivity index (χ0v) is 9.83. The van der Waals surface area contributed by atoms with Gasteiger partial charge in [0.05, 0.1) is 6.61 Å². The van der Waals surface area contributed by atoms with Gasteiger partial charge in [-0.3, -0.25) is 0 Å². The molecule has 0 saturated carbocycles. The van der Waals surface area contributed by atoms with Crippen molar-refractivity contribution >= 4 is 5.69 Å². The highest BCUT2D eigenvalue weighted by Gasteiger charge is 2.12. The van der Waals surface area contributed by atoms with Crippen LogP contribution in [0.5, 0.6) is 5.75 Å². The topological polar surface area (TPSA) is 47.3 Å². The summed E-state index contributed by atoms with van der Waals surface area (Å²) in [7, 11) is 0. The van der Waals surface area contributed by atoms with Gasteiger partial charge < -0.3 is 15.8 Å². The Morgan fingerprint density at radius 2 is 2.38 bits per heavy atom. The van der Waals surface area contributed by atoms with Crippen molar-refractivity contribution in [1.29, 1.82) is 0 Å². The van der Waals surface area contributed by atoms with Gasteiger partial charge in [0.15, 0.2) is 0 Å². The van der Waals surface area contributed by atoms with Gasteiger partial charge in [0.2, 0.25) is 0 Å². The van der Waals surface area contributed by atoms with E-state index in [1.807, 2.05) is 6.07 Å². The van der Waals surface area contributed by atoms with Gasteiger partial charge in [-0.25, -0.2) is 0 Å². The lowest BCUT2D eigenvalue weighted by atomic mass is 10.1. The summed E-state index contributed by atoms with van der Waals surface area (Å²) in [6.45, 7) is 4.69. The molecule has 88 valence electrons. The highest BCUT2D eigenvalue weighted by molar-refractivity contribution is 5.52.